The molecular formula is C22H32N2O5S. The van der Waals surface area contributed by atoms with Gasteiger partial charge in [0.1, 0.15) is 0 Å². The fourth-order valence-corrected chi connectivity index (χ4v) is 5.98. The number of amides is 1. The van der Waals surface area contributed by atoms with Crippen molar-refractivity contribution in [2.24, 2.45) is 0 Å². The second-order valence-corrected chi connectivity index (χ2v) is 10.3. The quantitative estimate of drug-likeness (QED) is 0.611. The number of piperazine rings is 1. The first-order chi connectivity index (χ1) is 14.5. The van der Waals surface area contributed by atoms with Gasteiger partial charge in [-0.15, -0.1) is 0 Å². The topological polar surface area (TPSA) is 76.2 Å². The first-order valence-corrected chi connectivity index (χ1v) is 12.6. The van der Waals surface area contributed by atoms with Gasteiger partial charge in [0.2, 0.25) is 15.9 Å². The second-order valence-electron chi connectivity index (χ2n) is 8.38. The summed E-state index contributed by atoms with van der Waals surface area (Å²) in [5.41, 5.74) is 2.44. The molecule has 1 aromatic carbocycles. The number of ether oxygens (including phenoxy) is 2. The van der Waals surface area contributed by atoms with E-state index in [1.165, 1.54) is 21.9 Å². The van der Waals surface area contributed by atoms with Gasteiger partial charge in [-0.2, -0.15) is 4.31 Å². The molecule has 2 heterocycles. The molecule has 1 aromatic rings. The summed E-state index contributed by atoms with van der Waals surface area (Å²) in [6.07, 6.45) is 6.87. The first kappa shape index (κ1) is 21.7. The average molecular weight is 437 g/mol. The Morgan fingerprint density at radius 3 is 2.57 bits per heavy atom. The molecular weight excluding hydrogens is 404 g/mol. The van der Waals surface area contributed by atoms with Crippen LogP contribution in [0.2, 0.25) is 0 Å². The number of fused-ring (bicyclic) bond motifs is 1. The number of hydrogen-bond acceptors (Lipinski definition) is 5. The van der Waals surface area contributed by atoms with E-state index in [2.05, 4.69) is 0 Å². The van der Waals surface area contributed by atoms with E-state index in [4.69, 9.17) is 9.47 Å². The van der Waals surface area contributed by atoms with Crippen molar-refractivity contribution < 1.29 is 22.7 Å². The van der Waals surface area contributed by atoms with Crippen LogP contribution >= 0.6 is 0 Å². The van der Waals surface area contributed by atoms with Crippen molar-refractivity contribution in [2.45, 2.75) is 55.9 Å². The zero-order chi connectivity index (χ0) is 21.0. The summed E-state index contributed by atoms with van der Waals surface area (Å²) in [6.45, 7) is 3.24. The molecule has 2 fully saturated rings. The fraction of sp³-hybridized carbons (Fsp3) is 0.682. The minimum absolute atomic E-state index is 0.0215. The number of benzene rings is 1. The summed E-state index contributed by atoms with van der Waals surface area (Å²) in [4.78, 5) is 14.6. The minimum Gasteiger partial charge on any atom is -0.378 e. The van der Waals surface area contributed by atoms with Gasteiger partial charge in [-0.3, -0.25) is 4.79 Å². The third-order valence-corrected chi connectivity index (χ3v) is 8.23. The summed E-state index contributed by atoms with van der Waals surface area (Å²) in [6, 6.07) is 5.56. The molecule has 2 aliphatic heterocycles. The van der Waals surface area contributed by atoms with E-state index in [1.807, 2.05) is 12.1 Å². The van der Waals surface area contributed by atoms with E-state index in [-0.39, 0.29) is 12.0 Å². The van der Waals surface area contributed by atoms with Gasteiger partial charge in [0, 0.05) is 32.8 Å². The first-order valence-electron chi connectivity index (χ1n) is 11.1. The summed E-state index contributed by atoms with van der Waals surface area (Å²) < 4.78 is 38.7. The standard InChI is InChI=1S/C22H32N2O5S/c25-22(9-15-28-17-20-6-3-14-29-20)23-10-12-24(13-11-23)30(26,27)21-8-7-18-4-1-2-5-19(18)16-21/h7-8,16,20H,1-6,9-15,17H2. The van der Waals surface area contributed by atoms with Crippen LogP contribution in [0, 0.1) is 0 Å². The van der Waals surface area contributed by atoms with Crippen molar-refractivity contribution in [1.29, 1.82) is 0 Å². The van der Waals surface area contributed by atoms with Crippen LogP contribution < -0.4 is 0 Å². The maximum Gasteiger partial charge on any atom is 0.243 e. The van der Waals surface area contributed by atoms with Gasteiger partial charge in [-0.05, 0) is 61.8 Å². The zero-order valence-corrected chi connectivity index (χ0v) is 18.4. The van der Waals surface area contributed by atoms with Crippen molar-refractivity contribution in [3.63, 3.8) is 0 Å². The Bertz CT molecular complexity index is 843. The van der Waals surface area contributed by atoms with E-state index in [0.29, 0.717) is 50.7 Å². The molecule has 166 valence electrons. The third kappa shape index (κ3) is 5.04. The van der Waals surface area contributed by atoms with Crippen molar-refractivity contribution in [1.82, 2.24) is 9.21 Å². The SMILES string of the molecule is O=C(CCOCC1CCCO1)N1CCN(S(=O)(=O)c2ccc3c(c2)CCCC3)CC1. The Morgan fingerprint density at radius 2 is 1.83 bits per heavy atom. The average Bonchev–Trinajstić information content (AvgIpc) is 3.30. The normalized spacial score (nSPS) is 22.8. The number of carbonyl (C=O) groups is 1. The Labute approximate surface area is 179 Å². The molecule has 1 atom stereocenters. The van der Waals surface area contributed by atoms with E-state index in [9.17, 15) is 13.2 Å². The van der Waals surface area contributed by atoms with E-state index >= 15 is 0 Å². The third-order valence-electron chi connectivity index (χ3n) is 6.34. The molecule has 0 saturated carbocycles. The van der Waals surface area contributed by atoms with Gasteiger partial charge < -0.3 is 14.4 Å². The summed E-state index contributed by atoms with van der Waals surface area (Å²) in [7, 11) is -3.52. The lowest BCUT2D eigenvalue weighted by Gasteiger charge is -2.34. The summed E-state index contributed by atoms with van der Waals surface area (Å²) in [5, 5.41) is 0. The highest BCUT2D eigenvalue weighted by Crippen LogP contribution is 2.26. The molecule has 30 heavy (non-hydrogen) atoms. The molecule has 4 rings (SSSR count). The van der Waals surface area contributed by atoms with Gasteiger partial charge in [0.05, 0.1) is 30.6 Å². The molecule has 2 saturated heterocycles. The highest BCUT2D eigenvalue weighted by molar-refractivity contribution is 7.89. The maximum atomic E-state index is 13.1. The van der Waals surface area contributed by atoms with Crippen LogP contribution in [0.15, 0.2) is 23.1 Å². The van der Waals surface area contributed by atoms with Crippen molar-refractivity contribution >= 4 is 15.9 Å². The van der Waals surface area contributed by atoms with Crippen molar-refractivity contribution in [2.75, 3.05) is 46.0 Å². The highest BCUT2D eigenvalue weighted by Gasteiger charge is 2.30. The summed E-state index contributed by atoms with van der Waals surface area (Å²) >= 11 is 0. The van der Waals surface area contributed by atoms with Crippen LogP contribution in [0.25, 0.3) is 0 Å². The molecule has 7 nitrogen and oxygen atoms in total. The molecule has 0 aromatic heterocycles. The van der Waals surface area contributed by atoms with Gasteiger partial charge in [0.25, 0.3) is 0 Å². The number of rotatable bonds is 7. The van der Waals surface area contributed by atoms with Gasteiger partial charge in [-0.1, -0.05) is 6.07 Å². The number of hydrogen-bond donors (Lipinski definition) is 0. The van der Waals surface area contributed by atoms with E-state index in [1.54, 1.807) is 11.0 Å². The lowest BCUT2D eigenvalue weighted by atomic mass is 9.92. The smallest absolute Gasteiger partial charge is 0.243 e. The Hall–Kier alpha value is -1.48. The monoisotopic (exact) mass is 436 g/mol. The zero-order valence-electron chi connectivity index (χ0n) is 17.6. The predicted octanol–water partition coefficient (Wildman–Crippen LogP) is 1.98. The Morgan fingerprint density at radius 1 is 1.07 bits per heavy atom. The van der Waals surface area contributed by atoms with E-state index < -0.39 is 10.0 Å². The van der Waals surface area contributed by atoms with E-state index in [0.717, 1.165) is 38.7 Å². The number of carbonyl (C=O) groups excluding carboxylic acids is 1. The van der Waals surface area contributed by atoms with Crippen LogP contribution in [0.3, 0.4) is 0 Å². The van der Waals surface area contributed by atoms with Crippen LogP contribution in [0.4, 0.5) is 0 Å². The predicted molar refractivity (Wildman–Crippen MR) is 113 cm³/mol. The fourth-order valence-electron chi connectivity index (χ4n) is 4.51. The maximum absolute atomic E-state index is 13.1. The molecule has 0 N–H and O–H groups in total. The van der Waals surface area contributed by atoms with Crippen LogP contribution in [-0.4, -0.2) is 75.6 Å². The molecule has 1 unspecified atom stereocenters. The summed E-state index contributed by atoms with van der Waals surface area (Å²) in [5.74, 6) is 0.0215. The number of nitrogens with zero attached hydrogens (tertiary/aromatic N) is 2. The molecule has 1 amide bonds. The van der Waals surface area contributed by atoms with Gasteiger partial charge in [-0.25, -0.2) is 8.42 Å². The van der Waals surface area contributed by atoms with Gasteiger partial charge in [0.15, 0.2) is 0 Å². The molecule has 1 aliphatic carbocycles. The number of sulfonamides is 1. The van der Waals surface area contributed by atoms with Crippen molar-refractivity contribution in [3.8, 4) is 0 Å². The Balaban J connectivity index is 1.25. The molecule has 8 heteroatoms. The molecule has 0 bridgehead atoms. The lowest BCUT2D eigenvalue weighted by Crippen LogP contribution is -2.50. The lowest BCUT2D eigenvalue weighted by molar-refractivity contribution is -0.133. The molecule has 3 aliphatic rings. The largest absolute Gasteiger partial charge is 0.378 e. The second kappa shape index (κ2) is 9.77. The minimum atomic E-state index is -3.52. The van der Waals surface area contributed by atoms with Gasteiger partial charge >= 0.3 is 0 Å². The Kier molecular flexibility index (Phi) is 7.08. The van der Waals surface area contributed by atoms with Crippen molar-refractivity contribution in [3.05, 3.63) is 29.3 Å². The highest BCUT2D eigenvalue weighted by atomic mass is 32.2. The van der Waals surface area contributed by atoms with Crippen LogP contribution in [0.1, 0.15) is 43.2 Å². The molecule has 0 spiro atoms. The number of aryl methyl sites for hydroxylation is 2. The molecule has 0 radical (unpaired) electrons. The van der Waals surface area contributed by atoms with Crippen LogP contribution in [-0.2, 0) is 37.1 Å². The van der Waals surface area contributed by atoms with Crippen LogP contribution in [0.5, 0.6) is 0 Å².